The van der Waals surface area contributed by atoms with Crippen molar-refractivity contribution < 1.29 is 145 Å². The number of aliphatic hydroxyl groups is 3. The second-order valence-electron chi connectivity index (χ2n) is 31.6. The van der Waals surface area contributed by atoms with Crippen molar-refractivity contribution in [1.29, 1.82) is 0 Å². The zero-order chi connectivity index (χ0) is 93.4. The van der Waals surface area contributed by atoms with E-state index in [4.69, 9.17) is 67.3 Å². The molecular weight excluding hydrogens is 1660 g/mol. The van der Waals surface area contributed by atoms with Gasteiger partial charge < -0.3 is 113 Å². The number of esters is 1. The van der Waals surface area contributed by atoms with Gasteiger partial charge in [0.15, 0.2) is 17.7 Å². The Bertz CT molecular complexity index is 4230. The van der Waals surface area contributed by atoms with Gasteiger partial charge >= 0.3 is 24.0 Å². The number of amides is 6. The number of rotatable bonds is 60. The summed E-state index contributed by atoms with van der Waals surface area (Å²) in [6.07, 6.45) is -7.29. The zero-order valence-electron chi connectivity index (χ0n) is 74.4. The molecule has 2 aliphatic rings. The lowest BCUT2D eigenvalue weighted by Crippen LogP contribution is -2.61. The number of aliphatic carboxylic acids is 2. The van der Waals surface area contributed by atoms with Gasteiger partial charge in [0, 0.05) is 95.1 Å². The van der Waals surface area contributed by atoms with E-state index in [1.54, 1.807) is 69.6 Å². The van der Waals surface area contributed by atoms with Crippen LogP contribution in [0.2, 0.25) is 0 Å². The van der Waals surface area contributed by atoms with Crippen LogP contribution in [0.15, 0.2) is 85.1 Å². The average Bonchev–Trinajstić information content (AvgIpc) is 1.75. The van der Waals surface area contributed by atoms with Crippen molar-refractivity contribution in [3.63, 3.8) is 0 Å². The molecule has 4 aromatic rings. The molecule has 0 saturated carbocycles. The summed E-state index contributed by atoms with van der Waals surface area (Å²) >= 11 is 0. The summed E-state index contributed by atoms with van der Waals surface area (Å²) in [5.74, 6) is -11.1. The lowest BCUT2D eigenvalue weighted by atomic mass is 9.85. The normalized spacial score (nSPS) is 18.3. The average molecular weight is 1790 g/mol. The Morgan fingerprint density at radius 3 is 1.90 bits per heavy atom. The number of likely N-dealkylation sites (N-methyl/N-ethyl adjacent to an activating group) is 2. The van der Waals surface area contributed by atoms with E-state index in [0.717, 1.165) is 22.6 Å². The van der Waals surface area contributed by atoms with E-state index in [0.29, 0.717) is 84.1 Å². The number of carbonyl (C=O) groups is 12. The number of nitrogens with zero attached hydrogens (tertiary/aromatic N) is 6. The van der Waals surface area contributed by atoms with E-state index in [-0.39, 0.29) is 142 Å². The second kappa shape index (κ2) is 54.9. The molecule has 39 nitrogen and oxygen atoms in total. The van der Waals surface area contributed by atoms with Gasteiger partial charge in [-0.1, -0.05) is 90.4 Å². The van der Waals surface area contributed by atoms with Gasteiger partial charge in [0.1, 0.15) is 54.2 Å². The van der Waals surface area contributed by atoms with E-state index in [1.165, 1.54) is 69.7 Å². The number of hydrogen-bond acceptors (Lipinski definition) is 30. The number of nitrogens with one attached hydrogen (secondary N) is 2. The predicted octanol–water partition coefficient (Wildman–Crippen LogP) is 3.83. The maximum absolute atomic E-state index is 15.0. The van der Waals surface area contributed by atoms with Crippen molar-refractivity contribution in [1.82, 2.24) is 40.3 Å². The number of allylic oxidation sites excluding steroid dienone is 1. The molecule has 6 amide bonds. The third-order valence-corrected chi connectivity index (χ3v) is 21.8. The van der Waals surface area contributed by atoms with Crippen LogP contribution in [0, 0.1) is 29.6 Å². The Morgan fingerprint density at radius 1 is 0.677 bits per heavy atom. The van der Waals surface area contributed by atoms with Crippen LogP contribution in [0.4, 0.5) is 4.79 Å². The third kappa shape index (κ3) is 33.5. The number of carbonyl (C=O) groups excluding carboxylic acids is 10. The summed E-state index contributed by atoms with van der Waals surface area (Å²) in [6.45, 7) is 16.1. The number of hydrogen-bond donors (Lipinski definition) is 8. The molecule has 2 saturated heterocycles. The highest BCUT2D eigenvalue weighted by Gasteiger charge is 2.49. The fourth-order valence-electron chi connectivity index (χ4n) is 14.7. The predicted molar refractivity (Wildman–Crippen MR) is 453 cm³/mol. The van der Waals surface area contributed by atoms with E-state index >= 15 is 0 Å². The van der Waals surface area contributed by atoms with Crippen LogP contribution in [-0.2, 0) is 117 Å². The highest BCUT2D eigenvalue weighted by atomic mass is 16.7. The van der Waals surface area contributed by atoms with Crippen molar-refractivity contribution in [2.75, 3.05) is 134 Å². The van der Waals surface area contributed by atoms with Crippen LogP contribution in [-0.4, -0.2) is 328 Å². The summed E-state index contributed by atoms with van der Waals surface area (Å²) in [7, 11) is 6.97. The van der Waals surface area contributed by atoms with Gasteiger partial charge in [-0.05, 0) is 91.5 Å². The van der Waals surface area contributed by atoms with Gasteiger partial charge in [0.05, 0.1) is 148 Å². The van der Waals surface area contributed by atoms with Gasteiger partial charge in [0.2, 0.25) is 29.9 Å². The molecule has 1 aromatic heterocycles. The summed E-state index contributed by atoms with van der Waals surface area (Å²) in [5.41, 5.74) is 6.59. The van der Waals surface area contributed by atoms with Crippen LogP contribution in [0.3, 0.4) is 0 Å². The molecule has 0 aliphatic carbocycles. The van der Waals surface area contributed by atoms with Gasteiger partial charge in [-0.15, -0.1) is 5.10 Å². The fraction of sp³-hybridized carbons (Fsp3) is 0.614. The Balaban J connectivity index is 0.913. The molecule has 704 valence electrons. The van der Waals surface area contributed by atoms with Crippen LogP contribution in [0.25, 0.3) is 0 Å². The van der Waals surface area contributed by atoms with Crippen LogP contribution < -0.4 is 21.1 Å². The maximum atomic E-state index is 15.0. The first-order valence-corrected chi connectivity index (χ1v) is 42.5. The van der Waals surface area contributed by atoms with Crippen molar-refractivity contribution in [2.45, 2.75) is 187 Å². The number of carboxylic acid groups (broad SMARTS) is 2. The first-order valence-electron chi connectivity index (χ1n) is 42.5. The summed E-state index contributed by atoms with van der Waals surface area (Å²) in [5, 5.41) is 65.6. The van der Waals surface area contributed by atoms with Crippen LogP contribution in [0.5, 0.6) is 5.75 Å². The number of nitrogens with two attached hydrogens (primary N) is 1. The van der Waals surface area contributed by atoms with E-state index in [1.807, 2.05) is 32.0 Å². The first-order chi connectivity index (χ1) is 60.7. The number of methoxy groups -OCH3 is 3. The molecule has 3 heterocycles. The molecule has 127 heavy (non-hydrogen) atoms. The number of benzene rings is 3. The van der Waals surface area contributed by atoms with Crippen molar-refractivity contribution in [3.8, 4) is 5.75 Å². The number of Topliss-reactive ketones (excluding diaryl/α,β-unsaturated/α-hetero) is 2. The molecule has 2 aliphatic heterocycles. The minimum absolute atomic E-state index is 0.00493. The van der Waals surface area contributed by atoms with Gasteiger partial charge in [-0.3, -0.25) is 48.1 Å². The molecule has 2 fully saturated rings. The molecule has 9 N–H and O–H groups in total. The summed E-state index contributed by atoms with van der Waals surface area (Å²) in [6, 6.07) is 13.1. The van der Waals surface area contributed by atoms with Gasteiger partial charge in [-0.2, -0.15) is 0 Å². The van der Waals surface area contributed by atoms with Crippen molar-refractivity contribution in [3.05, 3.63) is 124 Å². The van der Waals surface area contributed by atoms with E-state index in [2.05, 4.69) is 20.9 Å². The van der Waals surface area contributed by atoms with E-state index in [9.17, 15) is 83.1 Å². The Kier molecular flexibility index (Phi) is 45.7. The molecule has 3 aromatic carbocycles. The Hall–Kier alpha value is -10.1. The molecule has 39 heteroatoms. The lowest BCUT2D eigenvalue weighted by Gasteiger charge is -2.41. The third-order valence-electron chi connectivity index (χ3n) is 21.8. The number of carboxylic acids is 2. The number of ether oxygens (including phenoxy) is 13. The topological polar surface area (TPSA) is 516 Å². The maximum Gasteiger partial charge on any atom is 0.410 e. The Labute approximate surface area is 739 Å². The highest BCUT2D eigenvalue weighted by molar-refractivity contribution is 6.10. The van der Waals surface area contributed by atoms with Gasteiger partial charge in [0.25, 0.3) is 5.91 Å². The van der Waals surface area contributed by atoms with Crippen LogP contribution in [0.1, 0.15) is 152 Å². The van der Waals surface area contributed by atoms with Gasteiger partial charge in [-0.25, -0.2) is 19.1 Å². The SMILES string of the molecule is CCC(C)[C@@H]([C@@H](CC(=O)N1CCC[C@H]1[C@H](OC)[C@@H](C)C(=O)CC(Cc1ccccc1)C(=O)O)OC)N(C)C(=O)[C@@H](NC(=O)[C@H](C(C)C)N(C)C(=O)OCc1cc(C(=O)NCCOCCOCCOCCn2cc(COCCOCCOCCOCCCC(=O)c3cc(C(=O)/C=C/C(N)=O)cc(C(=O)OC)c3)nn2)ccc1OC1O[C@H](C(=O)O)[C@@H](O)[C@H](O)[C@H]1O)C(C)C. The number of primary amides is 1. The van der Waals surface area contributed by atoms with Crippen molar-refractivity contribution >= 4 is 70.9 Å². The molecule has 0 spiro atoms. The number of ketones is 3. The highest BCUT2D eigenvalue weighted by Crippen LogP contribution is 2.33. The number of likely N-dealkylation sites (tertiary alicyclic amines) is 1. The molecule has 6 rings (SSSR count). The quantitative estimate of drug-likeness (QED) is 0.0135. The number of aromatic nitrogens is 3. The Morgan fingerprint density at radius 2 is 1.30 bits per heavy atom. The van der Waals surface area contributed by atoms with Crippen LogP contribution >= 0.6 is 0 Å². The largest absolute Gasteiger partial charge is 0.481 e. The monoisotopic (exact) mass is 1790 g/mol. The molecular formula is C88H127N9O30. The summed E-state index contributed by atoms with van der Waals surface area (Å²) in [4.78, 5) is 163. The second-order valence-corrected chi connectivity index (χ2v) is 31.6. The minimum atomic E-state index is -2.05. The standard InChI is InChI=1S/C88H127N9O30/c1-13-55(6)75(70(115-10)49-72(102)97-28-17-21-65(97)79(116-11)56(7)68(100)48-61(84(109)110)43-57-19-15-14-16-20-57)94(8)83(108)73(53(2)3)91-82(107)74(54(4)5)95(9)88(114)125-51-63-44-58(23-25-69(63)126-87-78(105)76(103)77(104)80(127-87)85(111)112)81(106)90-27-31-119-34-37-122-38-35-120-32-29-96-50-64(92-93-96)52-124-42-41-123-40-39-121-36-33-118-30-18-22-66(98)59-45-60(67(99)24-26-71(89)101)47-62(46-59)86(113)117-12/h14-16,19-20,23-26,44-47,50,53-56,61,65,70,73-80,87,103-105H,13,17-18,21-22,27-43,48-49,51-52H2,1-12H3,(H2,89,101)(H,90,106)(H,91,107)(H,109,110)(H,111,112)/b26-24+/t55?,56-,61?,65-,70+,73-,74-,75-,76-,77-,78+,79+,80-,87?/m0/s1. The fourth-order valence-corrected chi connectivity index (χ4v) is 14.7. The first kappa shape index (κ1) is 106. The van der Waals surface area contributed by atoms with E-state index < -0.39 is 151 Å². The summed E-state index contributed by atoms with van der Waals surface area (Å²) < 4.78 is 74.8. The van der Waals surface area contributed by atoms with Crippen molar-refractivity contribution in [2.24, 2.45) is 35.3 Å². The smallest absolute Gasteiger partial charge is 0.410 e. The lowest BCUT2D eigenvalue weighted by molar-refractivity contribution is -0.271. The minimum Gasteiger partial charge on any atom is -0.481 e. The number of aliphatic hydroxyl groups excluding tert-OH is 3. The molecule has 0 radical (unpaired) electrons. The molecule has 14 atom stereocenters. The molecule has 0 bridgehead atoms. The molecule has 3 unspecified atom stereocenters. The zero-order valence-corrected chi connectivity index (χ0v) is 74.4.